The molecular formula is C18H34KO52S12+. The van der Waals surface area contributed by atoms with Crippen LogP contribution < -0.4 is 51.4 Å². The Bertz CT molecular complexity index is 3640. The Hall–Kier alpha value is -0.0836. The Labute approximate surface area is 508 Å². The molecule has 0 aromatic carbocycles. The van der Waals surface area contributed by atoms with Gasteiger partial charge in [0.2, 0.25) is 0 Å². The molecule has 0 spiro atoms. The molecule has 2 fully saturated rings. The first kappa shape index (κ1) is 80.9. The summed E-state index contributed by atoms with van der Waals surface area (Å²) in [6, 6.07) is 0. The largest absolute Gasteiger partial charge is 1.00 e. The average Bonchev–Trinajstić information content (AvgIpc) is 3.17. The summed E-state index contributed by atoms with van der Waals surface area (Å²) in [5.41, 5.74) is 0. The maximum Gasteiger partial charge on any atom is 1.00 e. The van der Waals surface area contributed by atoms with Crippen LogP contribution >= 0.6 is 0 Å². The maximum absolute atomic E-state index is 12.2. The molecule has 0 unspecified atom stereocenters. The molecule has 0 aromatic heterocycles. The van der Waals surface area contributed by atoms with E-state index in [9.17, 15) is 147 Å². The molecule has 0 amide bonds. The summed E-state index contributed by atoms with van der Waals surface area (Å²) in [7, 11) is -76.3. The van der Waals surface area contributed by atoms with Gasteiger partial charge in [0.25, 0.3) is 0 Å². The number of hydrogen-bond acceptors (Lipinski definition) is 40. The van der Waals surface area contributed by atoms with Crippen molar-refractivity contribution in [1.29, 1.82) is 0 Å². The average molecular weight is 1510 g/mol. The van der Waals surface area contributed by atoms with E-state index in [0.717, 1.165) is 0 Å². The van der Waals surface area contributed by atoms with Gasteiger partial charge in [-0.1, -0.05) is 0 Å². The van der Waals surface area contributed by atoms with Crippen molar-refractivity contribution in [2.45, 2.75) is 85.8 Å². The van der Waals surface area contributed by atoms with Crippen molar-refractivity contribution in [2.75, 3.05) is 26.4 Å². The second-order valence-electron chi connectivity index (χ2n) is 14.2. The van der Waals surface area contributed by atoms with Gasteiger partial charge in [0.1, 0.15) is 61.0 Å². The molecule has 0 radical (unpaired) electrons. The monoisotopic (exact) mass is 1500 g/mol. The Balaban J connectivity index is 0.0000344. The fourth-order valence-electron chi connectivity index (χ4n) is 6.08. The first-order valence-electron chi connectivity index (χ1n) is 18.4. The minimum atomic E-state index is -6.63. The standard InChI is InChI=1S/C18H34O52S12.K/c19-71(20,21)57-3-6-10(64-76(34,35)36)14(68-80(46,47)48)16(70-82(52,53)54)17(60-6)55-1-5-9(63-75(31,32)33)13(67-79(43,44)45)15(69-81(49,50)51)18(59-5)56-2-7(61-73(25,26)27)11(65-77(37,38)39)12(66-78(40,41)42)8(62-74(28,29)30)4-58-72(22,23)24;/h5-18H,1-4H2,(H,19,20,21)(H,22,23,24)(H,25,26,27)(H,28,29,30)(H,31,32,33)(H,34,35,36)(H,37,38,39)(H,40,41,42)(H,43,44,45)(H,46,47,48)(H,49,50,51)(H,52,53,54);/q;+1/t5-,6-,7-,8-,9-,10-,11-,12-,13+,14+,15-,16-,17-,18-;/m1./s1. The molecule has 0 bridgehead atoms. The van der Waals surface area contributed by atoms with E-state index in [2.05, 4.69) is 50.2 Å². The van der Waals surface area contributed by atoms with Gasteiger partial charge >= 0.3 is 176 Å². The van der Waals surface area contributed by atoms with E-state index in [1.165, 1.54) is 0 Å². The minimum Gasteiger partial charge on any atom is -0.347 e. The van der Waals surface area contributed by atoms with Crippen LogP contribution in [0.5, 0.6) is 0 Å². The third kappa shape index (κ3) is 34.1. The smallest absolute Gasteiger partial charge is 0.347 e. The molecule has 490 valence electrons. The van der Waals surface area contributed by atoms with Gasteiger partial charge < -0.3 is 18.9 Å². The van der Waals surface area contributed by atoms with Crippen molar-refractivity contribution < 1.29 is 276 Å². The summed E-state index contributed by atoms with van der Waals surface area (Å²) in [5, 5.41) is 0. The second-order valence-corrected chi connectivity index (χ2v) is 26.9. The van der Waals surface area contributed by atoms with Crippen LogP contribution in [-0.2, 0) is 194 Å². The fourth-order valence-corrected chi connectivity index (χ4v) is 11.7. The zero-order chi connectivity index (χ0) is 64.2. The normalized spacial score (nSPS) is 26.7. The van der Waals surface area contributed by atoms with Gasteiger partial charge in [0.15, 0.2) is 24.8 Å². The fraction of sp³-hybridized carbons (Fsp3) is 1.00. The SMILES string of the molecule is O=S(=O)(O)OC[C@H]1O[C@@H](OC[C@H]2O[C@@H](OC[C@@H](OS(=O)(=O)O)[C@@H](OS(=O)(=O)O)[C@H](OS(=O)(=O)O)[C@@H](COS(=O)(=O)O)OS(=O)(=O)O)[C@H](OS(=O)(=O)O)[C@@H](OS(=O)(=O)O)[C@@H]2OS(=O)(=O)O)[C@H](OS(=O)(=O)O)[C@@H](OS(=O)(=O)O)[C@@H]1OS(=O)(=O)O.[K+]. The van der Waals surface area contributed by atoms with Crippen LogP contribution in [0.2, 0.25) is 0 Å². The van der Waals surface area contributed by atoms with Gasteiger partial charge in [0, 0.05) is 0 Å². The van der Waals surface area contributed by atoms with E-state index in [1.54, 1.807) is 0 Å². The third-order valence-corrected chi connectivity index (χ3v) is 13.8. The maximum atomic E-state index is 12.2. The van der Waals surface area contributed by atoms with Gasteiger partial charge in [0.05, 0.1) is 26.4 Å². The summed E-state index contributed by atoms with van der Waals surface area (Å²) in [5.74, 6) is 0. The zero-order valence-electron chi connectivity index (χ0n) is 38.5. The number of hydrogen-bond donors (Lipinski definition) is 12. The van der Waals surface area contributed by atoms with Gasteiger partial charge in [-0.25, -0.2) is 50.2 Å². The van der Waals surface area contributed by atoms with Crippen LogP contribution in [0, 0.1) is 0 Å². The van der Waals surface area contributed by atoms with Crippen LogP contribution in [0.4, 0.5) is 0 Å². The molecule has 2 rings (SSSR count). The van der Waals surface area contributed by atoms with E-state index in [0.29, 0.717) is 0 Å². The summed E-state index contributed by atoms with van der Waals surface area (Å²) in [6.07, 6.45) is -49.8. The zero-order valence-corrected chi connectivity index (χ0v) is 51.4. The van der Waals surface area contributed by atoms with Crippen LogP contribution in [0.15, 0.2) is 0 Å². The van der Waals surface area contributed by atoms with Gasteiger partial charge in [-0.3, -0.25) is 54.6 Å². The van der Waals surface area contributed by atoms with E-state index in [-0.39, 0.29) is 51.4 Å². The van der Waals surface area contributed by atoms with Crippen molar-refractivity contribution in [3.05, 3.63) is 0 Å². The second kappa shape index (κ2) is 29.9. The predicted molar refractivity (Wildman–Crippen MR) is 228 cm³/mol. The molecule has 2 saturated heterocycles. The topological polar surface area (TPSA) is 800 Å². The summed E-state index contributed by atoms with van der Waals surface area (Å²) < 4.78 is 467. The summed E-state index contributed by atoms with van der Waals surface area (Å²) in [4.78, 5) is 0. The molecule has 14 atom stereocenters. The molecule has 83 heavy (non-hydrogen) atoms. The van der Waals surface area contributed by atoms with Crippen molar-refractivity contribution >= 4 is 125 Å². The van der Waals surface area contributed by atoms with Gasteiger partial charge in [-0.2, -0.15) is 101 Å². The van der Waals surface area contributed by atoms with Crippen molar-refractivity contribution in [2.24, 2.45) is 0 Å². The molecule has 0 saturated carbocycles. The molecule has 12 N–H and O–H groups in total. The minimum absolute atomic E-state index is 0. The van der Waals surface area contributed by atoms with Crippen molar-refractivity contribution in [1.82, 2.24) is 0 Å². The van der Waals surface area contributed by atoms with Crippen molar-refractivity contribution in [3.8, 4) is 0 Å². The Morgan fingerprint density at radius 1 is 0.289 bits per heavy atom. The number of rotatable bonds is 35. The van der Waals surface area contributed by atoms with E-state index in [4.69, 9.17) is 28.1 Å². The summed E-state index contributed by atoms with van der Waals surface area (Å²) >= 11 is 0. The first-order chi connectivity index (χ1) is 36.1. The van der Waals surface area contributed by atoms with Crippen molar-refractivity contribution in [3.63, 3.8) is 0 Å². The summed E-state index contributed by atoms with van der Waals surface area (Å²) in [6.45, 7) is -9.28. The van der Waals surface area contributed by atoms with E-state index >= 15 is 0 Å². The molecule has 0 aromatic rings. The number of ether oxygens (including phenoxy) is 4. The molecular weight excluding hydrogens is 1470 g/mol. The molecule has 52 nitrogen and oxygen atoms in total. The molecule has 65 heteroatoms. The van der Waals surface area contributed by atoms with Crippen LogP contribution in [0.25, 0.3) is 0 Å². The molecule has 2 heterocycles. The van der Waals surface area contributed by atoms with Gasteiger partial charge in [-0.15, -0.1) is 0 Å². The van der Waals surface area contributed by atoms with Crippen LogP contribution in [-0.4, -0.2) is 268 Å². The first-order valence-corrected chi connectivity index (χ1v) is 34.8. The Kier molecular flexibility index (Phi) is 29.2. The van der Waals surface area contributed by atoms with E-state index in [1.807, 2.05) is 0 Å². The Morgan fingerprint density at radius 3 is 0.843 bits per heavy atom. The van der Waals surface area contributed by atoms with Crippen LogP contribution in [0.3, 0.4) is 0 Å². The third-order valence-electron chi connectivity index (χ3n) is 8.20. The molecule has 0 aliphatic carbocycles. The quantitative estimate of drug-likeness (QED) is 0.0207. The van der Waals surface area contributed by atoms with Gasteiger partial charge in [-0.05, 0) is 0 Å². The van der Waals surface area contributed by atoms with E-state index < -0.39 is 237 Å². The molecule has 2 aliphatic rings. The molecule has 2 aliphatic heterocycles. The Morgan fingerprint density at radius 2 is 0.554 bits per heavy atom. The predicted octanol–water partition coefficient (Wildman–Crippen LogP) is -13.0. The van der Waals surface area contributed by atoms with Crippen LogP contribution in [0.1, 0.15) is 0 Å².